The Balaban J connectivity index is 2.81. The van der Waals surface area contributed by atoms with Crippen LogP contribution in [0.25, 0.3) is 0 Å². The Morgan fingerprint density at radius 2 is 2.31 bits per heavy atom. The molecule has 0 aliphatic heterocycles. The van der Waals surface area contributed by atoms with Crippen molar-refractivity contribution in [2.45, 2.75) is 19.4 Å². The Bertz CT molecular complexity index is 354. The lowest BCUT2D eigenvalue weighted by Gasteiger charge is -2.12. The van der Waals surface area contributed by atoms with E-state index in [0.717, 1.165) is 17.1 Å². The monoisotopic (exact) mass is 236 g/mol. The van der Waals surface area contributed by atoms with Gasteiger partial charge in [-0.1, -0.05) is 0 Å². The van der Waals surface area contributed by atoms with E-state index in [1.807, 2.05) is 0 Å². The Labute approximate surface area is 90.0 Å². The molecule has 1 rings (SSSR count). The van der Waals surface area contributed by atoms with Crippen molar-refractivity contribution in [1.82, 2.24) is 9.55 Å². The minimum atomic E-state index is -2.85. The van der Waals surface area contributed by atoms with Crippen molar-refractivity contribution in [3.05, 3.63) is 18.2 Å². The number of aromatic nitrogens is 2. The van der Waals surface area contributed by atoms with E-state index >= 15 is 0 Å². The fraction of sp³-hybridized carbons (Fsp3) is 0.556. The van der Waals surface area contributed by atoms with Crippen molar-refractivity contribution in [2.75, 3.05) is 13.3 Å². The maximum atomic E-state index is 12.3. The van der Waals surface area contributed by atoms with Gasteiger partial charge >= 0.3 is 5.97 Å². The zero-order chi connectivity index (χ0) is 12.1. The van der Waals surface area contributed by atoms with Crippen LogP contribution in [0.1, 0.15) is 23.5 Å². The van der Waals surface area contributed by atoms with Gasteiger partial charge in [0.1, 0.15) is 12.7 Å². The molecule has 0 saturated heterocycles. The van der Waals surface area contributed by atoms with Gasteiger partial charge < -0.3 is 9.30 Å². The number of carbonyl (C=O) groups is 1. The van der Waals surface area contributed by atoms with E-state index in [1.54, 1.807) is 6.92 Å². The highest BCUT2D eigenvalue weighted by atomic mass is 19.3. The summed E-state index contributed by atoms with van der Waals surface area (Å²) >= 11 is 0. The molecular weight excluding hydrogens is 225 g/mol. The van der Waals surface area contributed by atoms with E-state index in [1.165, 1.54) is 0 Å². The summed E-state index contributed by atoms with van der Waals surface area (Å²) in [5, 5.41) is 0. The molecule has 0 aliphatic rings. The van der Waals surface area contributed by atoms with Crippen LogP contribution in [-0.4, -0.2) is 35.2 Å². The Morgan fingerprint density at radius 3 is 2.81 bits per heavy atom. The molecule has 1 unspecified atom stereocenters. The molecule has 1 heterocycles. The lowest BCUT2D eigenvalue weighted by atomic mass is 10.3. The summed E-state index contributed by atoms with van der Waals surface area (Å²) in [4.78, 5) is 14.7. The molecule has 0 bridgehead atoms. The highest BCUT2D eigenvalue weighted by Gasteiger charge is 2.23. The van der Waals surface area contributed by atoms with Gasteiger partial charge in [0, 0.05) is 6.20 Å². The average molecular weight is 236 g/mol. The second-order valence-electron chi connectivity index (χ2n) is 2.98. The van der Waals surface area contributed by atoms with Gasteiger partial charge in [0.05, 0.1) is 12.9 Å². The Kier molecular flexibility index (Phi) is 4.33. The number of ether oxygens (including phenoxy) is 1. The lowest BCUT2D eigenvalue weighted by molar-refractivity contribution is 0.0516. The van der Waals surface area contributed by atoms with Crippen molar-refractivity contribution in [3.63, 3.8) is 0 Å². The summed E-state index contributed by atoms with van der Waals surface area (Å²) in [7, 11) is 0. The number of carbonyl (C=O) groups excluding carboxylic acids is 1. The van der Waals surface area contributed by atoms with E-state index in [9.17, 15) is 18.0 Å². The van der Waals surface area contributed by atoms with Crippen molar-refractivity contribution in [3.8, 4) is 0 Å². The predicted molar refractivity (Wildman–Crippen MR) is 49.2 cm³/mol. The Hall–Kier alpha value is -1.53. The molecule has 0 saturated carbocycles. The molecule has 16 heavy (non-hydrogen) atoms. The summed E-state index contributed by atoms with van der Waals surface area (Å²) < 4.78 is 42.5. The molecule has 7 heteroatoms. The second kappa shape index (κ2) is 5.53. The number of hydrogen-bond acceptors (Lipinski definition) is 3. The molecule has 0 radical (unpaired) electrons. The van der Waals surface area contributed by atoms with E-state index in [4.69, 9.17) is 0 Å². The summed E-state index contributed by atoms with van der Waals surface area (Å²) in [5.41, 5.74) is -0.110. The minimum absolute atomic E-state index is 0.110. The van der Waals surface area contributed by atoms with E-state index in [2.05, 4.69) is 9.72 Å². The molecule has 90 valence electrons. The third kappa shape index (κ3) is 2.74. The normalized spacial score (nSPS) is 12.8. The summed E-state index contributed by atoms with van der Waals surface area (Å²) in [6.45, 7) is 0.543. The van der Waals surface area contributed by atoms with E-state index in [0.29, 0.717) is 0 Å². The van der Waals surface area contributed by atoms with Gasteiger partial charge in [0.2, 0.25) is 0 Å². The molecule has 0 aromatic carbocycles. The van der Waals surface area contributed by atoms with Gasteiger partial charge in [0.25, 0.3) is 6.43 Å². The number of alkyl halides is 3. The molecule has 0 N–H and O–H groups in total. The zero-order valence-corrected chi connectivity index (χ0v) is 8.57. The first-order chi connectivity index (χ1) is 7.60. The first-order valence-electron chi connectivity index (χ1n) is 4.64. The van der Waals surface area contributed by atoms with Gasteiger partial charge in [-0.15, -0.1) is 0 Å². The minimum Gasteiger partial charge on any atom is -0.461 e. The van der Waals surface area contributed by atoms with Gasteiger partial charge in [-0.05, 0) is 6.92 Å². The summed E-state index contributed by atoms with van der Waals surface area (Å²) in [5.74, 6) is -0.715. The molecule has 0 amide bonds. The lowest BCUT2D eigenvalue weighted by Crippen LogP contribution is -2.18. The fourth-order valence-electron chi connectivity index (χ4n) is 1.11. The van der Waals surface area contributed by atoms with Gasteiger partial charge in [-0.3, -0.25) is 0 Å². The largest absolute Gasteiger partial charge is 0.461 e. The highest BCUT2D eigenvalue weighted by Crippen LogP contribution is 2.17. The van der Waals surface area contributed by atoms with E-state index in [-0.39, 0.29) is 12.3 Å². The number of halogens is 3. The van der Waals surface area contributed by atoms with Crippen molar-refractivity contribution in [1.29, 1.82) is 0 Å². The zero-order valence-electron chi connectivity index (χ0n) is 8.57. The molecule has 0 fully saturated rings. The van der Waals surface area contributed by atoms with Crippen molar-refractivity contribution in [2.24, 2.45) is 0 Å². The molecule has 1 aromatic heterocycles. The molecule has 4 nitrogen and oxygen atoms in total. The number of nitrogens with zero attached hydrogens (tertiary/aromatic N) is 2. The number of imidazole rings is 1. The number of esters is 1. The molecule has 0 spiro atoms. The van der Waals surface area contributed by atoms with Crippen LogP contribution in [0, 0.1) is 0 Å². The third-order valence-electron chi connectivity index (χ3n) is 1.92. The maximum absolute atomic E-state index is 12.3. The van der Waals surface area contributed by atoms with Gasteiger partial charge in [0.15, 0.2) is 5.69 Å². The average Bonchev–Trinajstić information content (AvgIpc) is 2.68. The first-order valence-corrected chi connectivity index (χ1v) is 4.64. The highest BCUT2D eigenvalue weighted by molar-refractivity contribution is 5.86. The van der Waals surface area contributed by atoms with Crippen LogP contribution in [0.4, 0.5) is 13.2 Å². The predicted octanol–water partition coefficient (Wildman–Crippen LogP) is 1.84. The number of hydrogen-bond donors (Lipinski definition) is 0. The van der Waals surface area contributed by atoms with Gasteiger partial charge in [-0.2, -0.15) is 0 Å². The molecule has 0 aliphatic carbocycles. The topological polar surface area (TPSA) is 44.1 Å². The molecule has 1 aromatic rings. The standard InChI is InChI=1S/C9H11F3N2O2/c1-2-16-9(15)6-4-14(5-13-6)7(3-10)8(11)12/h4-5,7-8H,2-3H2,1H3. The van der Waals surface area contributed by atoms with Gasteiger partial charge in [-0.25, -0.2) is 22.9 Å². The Morgan fingerprint density at radius 1 is 1.62 bits per heavy atom. The maximum Gasteiger partial charge on any atom is 0.358 e. The smallest absolute Gasteiger partial charge is 0.358 e. The van der Waals surface area contributed by atoms with Crippen LogP contribution in [0.2, 0.25) is 0 Å². The van der Waals surface area contributed by atoms with Crippen LogP contribution in [-0.2, 0) is 4.74 Å². The van der Waals surface area contributed by atoms with Crippen LogP contribution < -0.4 is 0 Å². The summed E-state index contributed by atoms with van der Waals surface area (Å²) in [6, 6.07) is -1.62. The summed E-state index contributed by atoms with van der Waals surface area (Å²) in [6.07, 6.45) is -0.814. The quantitative estimate of drug-likeness (QED) is 0.732. The molecule has 1 atom stereocenters. The van der Waals surface area contributed by atoms with Crippen LogP contribution in [0.3, 0.4) is 0 Å². The molecular formula is C9H11F3N2O2. The SMILES string of the molecule is CCOC(=O)c1cn(C(CF)C(F)F)cn1. The second-order valence-corrected chi connectivity index (χ2v) is 2.98. The fourth-order valence-corrected chi connectivity index (χ4v) is 1.11. The van der Waals surface area contributed by atoms with Crippen molar-refractivity contribution >= 4 is 5.97 Å². The van der Waals surface area contributed by atoms with E-state index < -0.39 is 25.1 Å². The van der Waals surface area contributed by atoms with Crippen LogP contribution >= 0.6 is 0 Å². The number of rotatable bonds is 5. The third-order valence-corrected chi connectivity index (χ3v) is 1.92. The van der Waals surface area contributed by atoms with Crippen LogP contribution in [0.15, 0.2) is 12.5 Å². The van der Waals surface area contributed by atoms with Crippen LogP contribution in [0.5, 0.6) is 0 Å². The van der Waals surface area contributed by atoms with Crippen molar-refractivity contribution < 1.29 is 22.7 Å². The first kappa shape index (κ1) is 12.5.